The van der Waals surface area contributed by atoms with Crippen molar-refractivity contribution >= 4 is 17.5 Å². The normalized spacial score (nSPS) is 18.5. The fourth-order valence-corrected chi connectivity index (χ4v) is 3.58. The maximum Gasteiger partial charge on any atom is 0.420 e. The third kappa shape index (κ3) is 4.79. The molecule has 0 saturated carbocycles. The van der Waals surface area contributed by atoms with Gasteiger partial charge in [-0.15, -0.1) is 0 Å². The second kappa shape index (κ2) is 8.93. The number of likely N-dealkylation sites (N-methyl/N-ethyl adjacent to an activating group) is 1. The van der Waals surface area contributed by atoms with Gasteiger partial charge in [0.2, 0.25) is 5.88 Å². The Labute approximate surface area is 182 Å². The van der Waals surface area contributed by atoms with E-state index in [0.29, 0.717) is 5.56 Å². The Balaban J connectivity index is 2.15. The van der Waals surface area contributed by atoms with E-state index in [4.69, 9.17) is 4.74 Å². The summed E-state index contributed by atoms with van der Waals surface area (Å²) in [5.74, 6) is -0.559. The third-order valence-corrected chi connectivity index (χ3v) is 5.02. The number of alkyl halides is 3. The van der Waals surface area contributed by atoms with Crippen LogP contribution in [0.5, 0.6) is 5.88 Å². The number of benzene rings is 1. The van der Waals surface area contributed by atoms with Crippen LogP contribution in [-0.2, 0) is 0 Å². The first kappa shape index (κ1) is 23.8. The number of nitrogens with one attached hydrogen (secondary N) is 2. The van der Waals surface area contributed by atoms with Crippen molar-refractivity contribution in [3.63, 3.8) is 0 Å². The van der Waals surface area contributed by atoms with Crippen LogP contribution in [0.4, 0.5) is 28.9 Å². The molecule has 0 saturated heterocycles. The molecule has 0 bridgehead atoms. The summed E-state index contributed by atoms with van der Waals surface area (Å²) in [6, 6.07) is 3.11. The van der Waals surface area contributed by atoms with E-state index >= 15 is 0 Å². The highest BCUT2D eigenvalue weighted by atomic mass is 19.4. The van der Waals surface area contributed by atoms with Crippen LogP contribution >= 0.6 is 0 Å². The number of aromatic nitrogens is 1. The number of rotatable bonds is 7. The van der Waals surface area contributed by atoms with Gasteiger partial charge in [0.05, 0.1) is 13.2 Å². The largest absolute Gasteiger partial charge is 0.481 e. The summed E-state index contributed by atoms with van der Waals surface area (Å²) in [5, 5.41) is 26.0. The van der Waals surface area contributed by atoms with Crippen LogP contribution < -0.4 is 15.4 Å². The fraction of sp³-hybridized carbons (Fsp3) is 0.381. The SMILES string of the molecule is COc1ccc(C(Nc2cc(F)cc3c2C=CC(O)N3)C(O)(CN(C)C)C(F)(F)F)cn1. The van der Waals surface area contributed by atoms with Crippen LogP contribution in [0.3, 0.4) is 0 Å². The average Bonchev–Trinajstić information content (AvgIpc) is 2.70. The summed E-state index contributed by atoms with van der Waals surface area (Å²) in [7, 11) is 4.17. The number of ether oxygens (including phenoxy) is 1. The van der Waals surface area contributed by atoms with Gasteiger partial charge in [-0.05, 0) is 43.9 Å². The number of fused-ring (bicyclic) bond motifs is 1. The van der Waals surface area contributed by atoms with Gasteiger partial charge in [0.1, 0.15) is 12.0 Å². The van der Waals surface area contributed by atoms with E-state index < -0.39 is 36.4 Å². The highest BCUT2D eigenvalue weighted by Gasteiger charge is 2.59. The van der Waals surface area contributed by atoms with Gasteiger partial charge in [-0.1, -0.05) is 6.08 Å². The molecule has 1 aliphatic rings. The molecule has 3 atom stereocenters. The minimum atomic E-state index is -5.05. The first-order chi connectivity index (χ1) is 14.9. The lowest BCUT2D eigenvalue weighted by Gasteiger charge is -2.40. The lowest BCUT2D eigenvalue weighted by atomic mass is 9.87. The minimum absolute atomic E-state index is 0.00195. The number of anilines is 2. The van der Waals surface area contributed by atoms with Crippen molar-refractivity contribution in [1.29, 1.82) is 0 Å². The maximum atomic E-state index is 14.3. The van der Waals surface area contributed by atoms with E-state index in [-0.39, 0.29) is 22.8 Å². The van der Waals surface area contributed by atoms with E-state index in [2.05, 4.69) is 15.6 Å². The van der Waals surface area contributed by atoms with Crippen molar-refractivity contribution in [2.45, 2.75) is 24.0 Å². The summed E-state index contributed by atoms with van der Waals surface area (Å²) >= 11 is 0. The first-order valence-electron chi connectivity index (χ1n) is 9.61. The molecule has 2 aromatic rings. The summed E-state index contributed by atoms with van der Waals surface area (Å²) in [5.41, 5.74) is -2.73. The Bertz CT molecular complexity index is 982. The predicted molar refractivity (Wildman–Crippen MR) is 112 cm³/mol. The monoisotopic (exact) mass is 456 g/mol. The average molecular weight is 456 g/mol. The molecule has 0 spiro atoms. The predicted octanol–water partition coefficient (Wildman–Crippen LogP) is 2.99. The molecule has 11 heteroatoms. The fourth-order valence-electron chi connectivity index (χ4n) is 3.58. The zero-order valence-electron chi connectivity index (χ0n) is 17.6. The van der Waals surface area contributed by atoms with Gasteiger partial charge >= 0.3 is 6.18 Å². The van der Waals surface area contributed by atoms with Gasteiger partial charge in [0.25, 0.3) is 0 Å². The second-order valence-electron chi connectivity index (χ2n) is 7.73. The van der Waals surface area contributed by atoms with Crippen LogP contribution in [0.15, 0.2) is 36.5 Å². The summed E-state index contributed by atoms with van der Waals surface area (Å²) in [4.78, 5) is 5.17. The van der Waals surface area contributed by atoms with Gasteiger partial charge in [-0.25, -0.2) is 9.37 Å². The van der Waals surface area contributed by atoms with E-state index in [1.807, 2.05) is 0 Å². The molecule has 4 N–H and O–H groups in total. The molecule has 2 heterocycles. The van der Waals surface area contributed by atoms with Crippen molar-refractivity contribution in [2.75, 3.05) is 38.4 Å². The lowest BCUT2D eigenvalue weighted by Crippen LogP contribution is -2.58. The highest BCUT2D eigenvalue weighted by molar-refractivity contribution is 5.81. The van der Waals surface area contributed by atoms with Crippen LogP contribution in [0, 0.1) is 5.82 Å². The standard InChI is InChI=1S/C21H24F4N4O3/c1-29(2)11-20(31,21(23,24)25)19(12-4-7-18(32-3)26-10-12)28-16-9-13(22)8-15-14(16)5-6-17(30)27-15/h4-10,17,19,27-28,30-31H,11H2,1-3H3. The number of hydrogen-bond acceptors (Lipinski definition) is 7. The zero-order valence-corrected chi connectivity index (χ0v) is 17.6. The van der Waals surface area contributed by atoms with E-state index in [1.165, 1.54) is 50.4 Å². The molecule has 7 nitrogen and oxygen atoms in total. The van der Waals surface area contributed by atoms with Crippen LogP contribution in [0.2, 0.25) is 0 Å². The Hall–Kier alpha value is -2.89. The first-order valence-corrected chi connectivity index (χ1v) is 9.61. The number of aliphatic hydroxyl groups is 2. The van der Waals surface area contributed by atoms with Gasteiger partial charge in [-0.2, -0.15) is 13.2 Å². The molecular weight excluding hydrogens is 432 g/mol. The molecule has 0 amide bonds. The number of nitrogens with zero attached hydrogens (tertiary/aromatic N) is 2. The number of pyridine rings is 1. The van der Waals surface area contributed by atoms with Crippen LogP contribution in [0.25, 0.3) is 6.08 Å². The molecule has 1 aromatic carbocycles. The van der Waals surface area contributed by atoms with Crippen molar-refractivity contribution in [3.05, 3.63) is 53.5 Å². The van der Waals surface area contributed by atoms with Gasteiger partial charge in [0.15, 0.2) is 5.60 Å². The highest BCUT2D eigenvalue weighted by Crippen LogP contribution is 2.44. The summed E-state index contributed by atoms with van der Waals surface area (Å²) < 4.78 is 61.9. The molecule has 1 aliphatic heterocycles. The van der Waals surface area contributed by atoms with E-state index in [9.17, 15) is 27.8 Å². The molecule has 3 rings (SSSR count). The molecule has 0 radical (unpaired) electrons. The van der Waals surface area contributed by atoms with Crippen molar-refractivity contribution < 1.29 is 32.5 Å². The quantitative estimate of drug-likeness (QED) is 0.477. The molecule has 0 aliphatic carbocycles. The number of aliphatic hydroxyl groups excluding tert-OH is 1. The smallest absolute Gasteiger partial charge is 0.420 e. The maximum absolute atomic E-state index is 14.3. The Morgan fingerprint density at radius 2 is 2.00 bits per heavy atom. The van der Waals surface area contributed by atoms with E-state index in [1.54, 1.807) is 0 Å². The van der Waals surface area contributed by atoms with Crippen LogP contribution in [-0.4, -0.2) is 65.9 Å². The Morgan fingerprint density at radius 1 is 1.28 bits per heavy atom. The minimum Gasteiger partial charge on any atom is -0.481 e. The van der Waals surface area contributed by atoms with E-state index in [0.717, 1.165) is 18.3 Å². The molecular formula is C21H24F4N4O3. The summed E-state index contributed by atoms with van der Waals surface area (Å²) in [6.45, 7) is -0.773. The number of hydrogen-bond donors (Lipinski definition) is 4. The van der Waals surface area contributed by atoms with Gasteiger partial charge < -0.3 is 30.5 Å². The molecule has 0 fully saturated rings. The third-order valence-electron chi connectivity index (χ3n) is 5.02. The Kier molecular flexibility index (Phi) is 6.63. The molecule has 3 unspecified atom stereocenters. The van der Waals surface area contributed by atoms with Crippen molar-refractivity contribution in [3.8, 4) is 5.88 Å². The topological polar surface area (TPSA) is 89.9 Å². The van der Waals surface area contributed by atoms with Crippen molar-refractivity contribution in [1.82, 2.24) is 9.88 Å². The number of halogens is 4. The second-order valence-corrected chi connectivity index (χ2v) is 7.73. The van der Waals surface area contributed by atoms with Crippen LogP contribution in [0.1, 0.15) is 17.2 Å². The zero-order chi connectivity index (χ0) is 23.7. The molecule has 32 heavy (non-hydrogen) atoms. The molecule has 1 aromatic heterocycles. The lowest BCUT2D eigenvalue weighted by molar-refractivity contribution is -0.270. The number of methoxy groups -OCH3 is 1. The summed E-state index contributed by atoms with van der Waals surface area (Å²) in [6.07, 6.45) is -2.13. The molecule has 174 valence electrons. The van der Waals surface area contributed by atoms with Crippen molar-refractivity contribution in [2.24, 2.45) is 0 Å². The Morgan fingerprint density at radius 3 is 2.56 bits per heavy atom. The van der Waals surface area contributed by atoms with Gasteiger partial charge in [0, 0.05) is 35.7 Å². The van der Waals surface area contributed by atoms with Gasteiger partial charge in [-0.3, -0.25) is 0 Å².